The molecule has 7 heteroatoms. The summed E-state index contributed by atoms with van der Waals surface area (Å²) in [6, 6.07) is 13.2. The van der Waals surface area contributed by atoms with Crippen LogP contribution in [0.25, 0.3) is 0 Å². The maximum absolute atomic E-state index is 14.1. The fourth-order valence-corrected chi connectivity index (χ4v) is 4.80. The molecule has 0 aliphatic heterocycles. The Morgan fingerprint density at radius 3 is 2.62 bits per heavy atom. The second-order valence-corrected chi connectivity index (χ2v) is 10.1. The van der Waals surface area contributed by atoms with Gasteiger partial charge < -0.3 is 19.5 Å². The number of hydrogen-bond donors (Lipinski definition) is 1. The van der Waals surface area contributed by atoms with Gasteiger partial charge in [0.05, 0.1) is 31.0 Å². The van der Waals surface area contributed by atoms with Crippen molar-refractivity contribution in [2.24, 2.45) is 0 Å². The molecular weight excluding hydrogens is 490 g/mol. The summed E-state index contributed by atoms with van der Waals surface area (Å²) in [6.07, 6.45) is 8.07. The zero-order chi connectivity index (χ0) is 26.9. The number of nitrogens with zero attached hydrogens (tertiary/aromatic N) is 3. The molecule has 0 saturated heterocycles. The molecule has 0 radical (unpaired) electrons. The molecule has 3 aromatic rings. The molecule has 2 heterocycles. The number of unbranched alkanes of at least 4 members (excludes halogenated alkanes) is 1. The molecule has 4 rings (SSSR count). The topological polar surface area (TPSA) is 84.8 Å². The third-order valence-electron chi connectivity index (χ3n) is 6.98. The van der Waals surface area contributed by atoms with Crippen LogP contribution in [-0.4, -0.2) is 40.8 Å². The number of carbonyl (C=O) groups excluding carboxylic acids is 1. The maximum atomic E-state index is 14.1. The van der Waals surface area contributed by atoms with Crippen LogP contribution in [0.2, 0.25) is 0 Å². The first-order chi connectivity index (χ1) is 18.5. The SMILES string of the molecule is C.CCCCOCCOc1ccc(CN(C(=O)C2CCCc3c(O)cccc32)c2ccc(C(C)C)nc2)cn1. The van der Waals surface area contributed by atoms with Crippen LogP contribution in [0, 0.1) is 0 Å². The highest BCUT2D eigenvalue weighted by Gasteiger charge is 2.32. The summed E-state index contributed by atoms with van der Waals surface area (Å²) in [6.45, 7) is 8.42. The summed E-state index contributed by atoms with van der Waals surface area (Å²) in [5.74, 6) is 0.782. The van der Waals surface area contributed by atoms with Crippen molar-refractivity contribution in [1.82, 2.24) is 9.97 Å². The number of anilines is 1. The molecule has 1 atom stereocenters. The fourth-order valence-electron chi connectivity index (χ4n) is 4.80. The van der Waals surface area contributed by atoms with E-state index in [2.05, 4.69) is 30.7 Å². The maximum Gasteiger partial charge on any atom is 0.234 e. The van der Waals surface area contributed by atoms with Crippen molar-refractivity contribution in [3.05, 3.63) is 77.2 Å². The van der Waals surface area contributed by atoms with Gasteiger partial charge in [-0.2, -0.15) is 0 Å². The van der Waals surface area contributed by atoms with E-state index in [1.54, 1.807) is 23.4 Å². The molecule has 7 nitrogen and oxygen atoms in total. The smallest absolute Gasteiger partial charge is 0.234 e. The Bertz CT molecular complexity index is 1180. The second-order valence-electron chi connectivity index (χ2n) is 10.1. The van der Waals surface area contributed by atoms with Gasteiger partial charge in [-0.1, -0.05) is 52.8 Å². The first-order valence-corrected chi connectivity index (χ1v) is 13.7. The number of phenols is 1. The number of amides is 1. The van der Waals surface area contributed by atoms with Crippen LogP contribution in [0.5, 0.6) is 11.6 Å². The molecular formula is C32H43N3O4. The lowest BCUT2D eigenvalue weighted by molar-refractivity contribution is -0.120. The molecule has 1 aromatic carbocycles. The highest BCUT2D eigenvalue weighted by atomic mass is 16.5. The van der Waals surface area contributed by atoms with Crippen molar-refractivity contribution in [3.8, 4) is 11.6 Å². The summed E-state index contributed by atoms with van der Waals surface area (Å²) in [5.41, 5.74) is 4.42. The van der Waals surface area contributed by atoms with Gasteiger partial charge in [-0.15, -0.1) is 0 Å². The van der Waals surface area contributed by atoms with Gasteiger partial charge in [0.25, 0.3) is 0 Å². The summed E-state index contributed by atoms with van der Waals surface area (Å²) < 4.78 is 11.3. The molecule has 1 aliphatic carbocycles. The first kappa shape index (κ1) is 30.1. The van der Waals surface area contributed by atoms with Gasteiger partial charge in [-0.05, 0) is 66.5 Å². The van der Waals surface area contributed by atoms with Crippen LogP contribution < -0.4 is 9.64 Å². The van der Waals surface area contributed by atoms with Crippen molar-refractivity contribution in [1.29, 1.82) is 0 Å². The predicted octanol–water partition coefficient (Wildman–Crippen LogP) is 6.79. The van der Waals surface area contributed by atoms with E-state index in [1.807, 2.05) is 36.4 Å². The number of rotatable bonds is 12. The zero-order valence-corrected chi connectivity index (χ0v) is 22.7. The van der Waals surface area contributed by atoms with E-state index in [4.69, 9.17) is 9.47 Å². The summed E-state index contributed by atoms with van der Waals surface area (Å²) >= 11 is 0. The van der Waals surface area contributed by atoms with Gasteiger partial charge in [0, 0.05) is 24.6 Å². The number of hydrogen-bond acceptors (Lipinski definition) is 6. The van der Waals surface area contributed by atoms with Crippen molar-refractivity contribution in [2.45, 2.75) is 78.7 Å². The number of ether oxygens (including phenoxy) is 2. The van der Waals surface area contributed by atoms with E-state index in [-0.39, 0.29) is 25.0 Å². The van der Waals surface area contributed by atoms with Crippen molar-refractivity contribution < 1.29 is 19.4 Å². The molecule has 0 saturated carbocycles. The fraction of sp³-hybridized carbons (Fsp3) is 0.469. The molecule has 0 bridgehead atoms. The molecule has 1 aliphatic rings. The first-order valence-electron chi connectivity index (χ1n) is 13.7. The Labute approximate surface area is 233 Å². The molecule has 1 N–H and O–H groups in total. The van der Waals surface area contributed by atoms with Crippen LogP contribution in [0.3, 0.4) is 0 Å². The average Bonchev–Trinajstić information content (AvgIpc) is 2.94. The van der Waals surface area contributed by atoms with Crippen LogP contribution in [-0.2, 0) is 22.5 Å². The van der Waals surface area contributed by atoms with Crippen molar-refractivity contribution in [2.75, 3.05) is 24.7 Å². The Morgan fingerprint density at radius 2 is 1.92 bits per heavy atom. The molecule has 1 amide bonds. The quantitative estimate of drug-likeness (QED) is 0.258. The monoisotopic (exact) mass is 533 g/mol. The van der Waals surface area contributed by atoms with Gasteiger partial charge in [0.15, 0.2) is 0 Å². The summed E-state index contributed by atoms with van der Waals surface area (Å²) in [7, 11) is 0. The van der Waals surface area contributed by atoms with Crippen molar-refractivity contribution in [3.63, 3.8) is 0 Å². The number of phenolic OH excluding ortho intramolecular Hbond substituents is 1. The minimum Gasteiger partial charge on any atom is -0.508 e. The molecule has 0 spiro atoms. The lowest BCUT2D eigenvalue weighted by Gasteiger charge is -2.31. The van der Waals surface area contributed by atoms with Crippen LogP contribution in [0.1, 0.15) is 88.1 Å². The van der Waals surface area contributed by atoms with E-state index in [0.29, 0.717) is 31.6 Å². The van der Waals surface area contributed by atoms with Crippen LogP contribution >= 0.6 is 0 Å². The highest BCUT2D eigenvalue weighted by Crippen LogP contribution is 2.38. The highest BCUT2D eigenvalue weighted by molar-refractivity contribution is 5.98. The van der Waals surface area contributed by atoms with E-state index < -0.39 is 0 Å². The van der Waals surface area contributed by atoms with Crippen LogP contribution in [0.4, 0.5) is 5.69 Å². The standard InChI is InChI=1S/C31H39N3O4.CH4/c1-4-5-16-37-17-18-38-30-15-12-23(19-33-30)21-34(24-13-14-28(22(2)3)32-20-24)31(36)27-10-6-9-26-25(27)8-7-11-29(26)35;/h7-8,11-15,19-20,22,27,35H,4-6,9-10,16-18,21H2,1-3H3;1H4. The minimum absolute atomic E-state index is 0. The number of carbonyl (C=O) groups is 1. The Morgan fingerprint density at radius 1 is 1.08 bits per heavy atom. The van der Waals surface area contributed by atoms with E-state index in [1.165, 1.54) is 0 Å². The van der Waals surface area contributed by atoms with Gasteiger partial charge in [-0.3, -0.25) is 9.78 Å². The van der Waals surface area contributed by atoms with E-state index in [9.17, 15) is 9.90 Å². The van der Waals surface area contributed by atoms with E-state index in [0.717, 1.165) is 66.8 Å². The molecule has 39 heavy (non-hydrogen) atoms. The second kappa shape index (κ2) is 14.6. The molecule has 2 aromatic heterocycles. The third kappa shape index (κ3) is 7.79. The number of aromatic nitrogens is 2. The average molecular weight is 534 g/mol. The predicted molar refractivity (Wildman–Crippen MR) is 155 cm³/mol. The van der Waals surface area contributed by atoms with Crippen LogP contribution in [0.15, 0.2) is 54.9 Å². The zero-order valence-electron chi connectivity index (χ0n) is 22.7. The van der Waals surface area contributed by atoms with E-state index >= 15 is 0 Å². The van der Waals surface area contributed by atoms with Gasteiger partial charge >= 0.3 is 0 Å². The minimum atomic E-state index is -0.320. The summed E-state index contributed by atoms with van der Waals surface area (Å²) in [5, 5.41) is 10.4. The number of fused-ring (bicyclic) bond motifs is 1. The normalized spacial score (nSPS) is 14.4. The summed E-state index contributed by atoms with van der Waals surface area (Å²) in [4.78, 5) is 24.9. The lowest BCUT2D eigenvalue weighted by Crippen LogP contribution is -2.36. The number of pyridine rings is 2. The number of benzene rings is 1. The third-order valence-corrected chi connectivity index (χ3v) is 6.98. The van der Waals surface area contributed by atoms with Gasteiger partial charge in [-0.25, -0.2) is 4.98 Å². The Balaban J connectivity index is 0.00000420. The van der Waals surface area contributed by atoms with Gasteiger partial charge in [0.2, 0.25) is 11.8 Å². The molecule has 210 valence electrons. The molecule has 0 fully saturated rings. The number of aromatic hydroxyl groups is 1. The Kier molecular flexibility index (Phi) is 11.3. The lowest BCUT2D eigenvalue weighted by atomic mass is 9.81. The Hall–Kier alpha value is -3.45. The molecule has 1 unspecified atom stereocenters. The van der Waals surface area contributed by atoms with Crippen molar-refractivity contribution >= 4 is 11.6 Å². The largest absolute Gasteiger partial charge is 0.508 e. The van der Waals surface area contributed by atoms with Gasteiger partial charge in [0.1, 0.15) is 12.4 Å².